The lowest BCUT2D eigenvalue weighted by Gasteiger charge is -2.40. The van der Waals surface area contributed by atoms with Gasteiger partial charge in [-0.3, -0.25) is 0 Å². The normalized spacial score (nSPS) is 21.5. The third kappa shape index (κ3) is 4.72. The van der Waals surface area contributed by atoms with E-state index in [1.165, 1.54) is 6.08 Å². The second-order valence-electron chi connectivity index (χ2n) is 6.93. The molecular weight excluding hydrogens is 337 g/mol. The summed E-state index contributed by atoms with van der Waals surface area (Å²) in [5, 5.41) is 0.0348. The molecule has 0 aromatic rings. The molecule has 4 nitrogen and oxygen atoms in total. The first-order chi connectivity index (χ1) is 9.66. The van der Waals surface area contributed by atoms with Crippen LogP contribution in [-0.2, 0) is 18.7 Å². The van der Waals surface area contributed by atoms with Gasteiger partial charge in [-0.1, -0.05) is 20.8 Å². The zero-order valence-corrected chi connectivity index (χ0v) is 15.3. The number of alkyl halides is 3. The molecule has 0 saturated carbocycles. The Balaban J connectivity index is 2.68. The van der Waals surface area contributed by atoms with Crippen molar-refractivity contribution in [2.24, 2.45) is 0 Å². The Kier molecular flexibility index (Phi) is 5.46. The highest BCUT2D eigenvalue weighted by Gasteiger charge is 2.49. The molecular formula is C13H23F3O4SSi. The molecule has 0 aliphatic heterocycles. The second-order valence-corrected chi connectivity index (χ2v) is 13.2. The van der Waals surface area contributed by atoms with E-state index in [1.807, 2.05) is 0 Å². The fraction of sp³-hybridized carbons (Fsp3) is 0.846. The maximum Gasteiger partial charge on any atom is 0.534 e. The molecule has 1 rings (SSSR count). The van der Waals surface area contributed by atoms with Crippen LogP contribution in [0.2, 0.25) is 18.1 Å². The lowest BCUT2D eigenvalue weighted by molar-refractivity contribution is -0.0525. The van der Waals surface area contributed by atoms with Crippen molar-refractivity contribution in [3.63, 3.8) is 0 Å². The molecule has 0 aromatic heterocycles. The van der Waals surface area contributed by atoms with E-state index in [1.54, 1.807) is 0 Å². The van der Waals surface area contributed by atoms with Gasteiger partial charge in [0.2, 0.25) is 0 Å². The smallest absolute Gasteiger partial charge is 0.414 e. The van der Waals surface area contributed by atoms with Crippen LogP contribution >= 0.6 is 0 Å². The first kappa shape index (κ1) is 19.5. The summed E-state index contributed by atoms with van der Waals surface area (Å²) in [6, 6.07) is 0. The van der Waals surface area contributed by atoms with Crippen LogP contribution in [0.3, 0.4) is 0 Å². The molecule has 0 N–H and O–H groups in total. The van der Waals surface area contributed by atoms with Crippen LogP contribution in [0.1, 0.15) is 40.0 Å². The largest absolute Gasteiger partial charge is 0.534 e. The van der Waals surface area contributed by atoms with Gasteiger partial charge < -0.3 is 8.61 Å². The third-order valence-corrected chi connectivity index (χ3v) is 9.62. The Labute approximate surface area is 130 Å². The molecule has 0 bridgehead atoms. The SMILES string of the molecule is CC(C)(C)[Si](C)(C)O[C@H]1CC=C(OS(=O)(=O)C(F)(F)F)CC1. The summed E-state index contributed by atoms with van der Waals surface area (Å²) < 4.78 is 69.0. The summed E-state index contributed by atoms with van der Waals surface area (Å²) in [5.74, 6) is -0.160. The molecule has 0 saturated heterocycles. The Bertz CT molecular complexity index is 532. The molecule has 0 amide bonds. The monoisotopic (exact) mass is 360 g/mol. The summed E-state index contributed by atoms with van der Waals surface area (Å²) in [4.78, 5) is 0. The van der Waals surface area contributed by atoms with Crippen molar-refractivity contribution < 1.29 is 30.2 Å². The van der Waals surface area contributed by atoms with Gasteiger partial charge in [0.05, 0.1) is 0 Å². The van der Waals surface area contributed by atoms with Crippen LogP contribution in [0.4, 0.5) is 13.2 Å². The number of allylic oxidation sites excluding steroid dienone is 1. The van der Waals surface area contributed by atoms with Gasteiger partial charge in [-0.2, -0.15) is 21.6 Å². The molecule has 0 unspecified atom stereocenters. The van der Waals surface area contributed by atoms with Crippen LogP contribution in [-0.4, -0.2) is 28.3 Å². The molecule has 22 heavy (non-hydrogen) atoms. The van der Waals surface area contributed by atoms with E-state index >= 15 is 0 Å². The second kappa shape index (κ2) is 6.16. The molecule has 9 heteroatoms. The molecule has 1 aliphatic carbocycles. The van der Waals surface area contributed by atoms with Gasteiger partial charge in [-0.25, -0.2) is 0 Å². The van der Waals surface area contributed by atoms with Crippen molar-refractivity contribution in [3.05, 3.63) is 11.8 Å². The summed E-state index contributed by atoms with van der Waals surface area (Å²) in [5.41, 5.74) is -5.40. The number of hydrogen-bond donors (Lipinski definition) is 0. The average molecular weight is 360 g/mol. The van der Waals surface area contributed by atoms with Crippen LogP contribution < -0.4 is 0 Å². The molecule has 130 valence electrons. The first-order valence-electron chi connectivity index (χ1n) is 7.03. The first-order valence-corrected chi connectivity index (χ1v) is 11.3. The Morgan fingerprint density at radius 3 is 2.14 bits per heavy atom. The van der Waals surface area contributed by atoms with Crippen molar-refractivity contribution in [3.8, 4) is 0 Å². The topological polar surface area (TPSA) is 52.6 Å². The molecule has 1 atom stereocenters. The van der Waals surface area contributed by atoms with E-state index < -0.39 is 23.9 Å². The van der Waals surface area contributed by atoms with Crippen molar-refractivity contribution in [1.29, 1.82) is 0 Å². The van der Waals surface area contributed by atoms with Gasteiger partial charge in [-0.15, -0.1) is 0 Å². The van der Waals surface area contributed by atoms with Gasteiger partial charge >= 0.3 is 15.6 Å². The number of halogens is 3. The Morgan fingerprint density at radius 2 is 1.77 bits per heavy atom. The van der Waals surface area contributed by atoms with Gasteiger partial charge in [-0.05, 0) is 37.0 Å². The van der Waals surface area contributed by atoms with E-state index in [4.69, 9.17) is 4.43 Å². The zero-order valence-electron chi connectivity index (χ0n) is 13.5. The van der Waals surface area contributed by atoms with Gasteiger partial charge in [0.15, 0.2) is 8.32 Å². The molecule has 0 fully saturated rings. The quantitative estimate of drug-likeness (QED) is 0.426. The van der Waals surface area contributed by atoms with Crippen LogP contribution in [0.5, 0.6) is 0 Å². The Hall–Kier alpha value is -0.543. The minimum Gasteiger partial charge on any atom is -0.414 e. The summed E-state index contributed by atoms with van der Waals surface area (Å²) in [6.45, 7) is 10.5. The van der Waals surface area contributed by atoms with E-state index in [0.717, 1.165) is 0 Å². The van der Waals surface area contributed by atoms with Crippen molar-refractivity contribution >= 4 is 18.4 Å². The predicted molar refractivity (Wildman–Crippen MR) is 80.1 cm³/mol. The highest BCUT2D eigenvalue weighted by Crippen LogP contribution is 2.39. The van der Waals surface area contributed by atoms with Gasteiger partial charge in [0.25, 0.3) is 0 Å². The lowest BCUT2D eigenvalue weighted by atomic mass is 10.0. The highest BCUT2D eigenvalue weighted by molar-refractivity contribution is 7.87. The van der Waals surface area contributed by atoms with Crippen molar-refractivity contribution in [2.45, 2.75) is 69.8 Å². The summed E-state index contributed by atoms with van der Waals surface area (Å²) in [7, 11) is -7.53. The van der Waals surface area contributed by atoms with E-state index in [9.17, 15) is 21.6 Å². The maximum atomic E-state index is 12.3. The van der Waals surface area contributed by atoms with Crippen LogP contribution in [0.15, 0.2) is 11.8 Å². The van der Waals surface area contributed by atoms with E-state index in [-0.39, 0.29) is 23.3 Å². The molecule has 0 aromatic carbocycles. The maximum absolute atomic E-state index is 12.3. The standard InChI is InChI=1S/C13H23F3O4SSi/c1-12(2,3)22(4,5)20-11-8-6-10(7-9-11)19-21(17,18)13(14,15)16/h6,11H,7-9H2,1-5H3/t11-/m0/s1. The van der Waals surface area contributed by atoms with Crippen LogP contribution in [0.25, 0.3) is 0 Å². The van der Waals surface area contributed by atoms with E-state index in [0.29, 0.717) is 12.8 Å². The molecule has 0 spiro atoms. The van der Waals surface area contributed by atoms with Crippen molar-refractivity contribution in [2.75, 3.05) is 0 Å². The van der Waals surface area contributed by atoms with Gasteiger partial charge in [0, 0.05) is 12.5 Å². The predicted octanol–water partition coefficient (Wildman–Crippen LogP) is 4.31. The fourth-order valence-electron chi connectivity index (χ4n) is 1.75. The molecule has 0 heterocycles. The third-order valence-electron chi connectivity index (χ3n) is 4.09. The van der Waals surface area contributed by atoms with E-state index in [2.05, 4.69) is 38.0 Å². The van der Waals surface area contributed by atoms with Gasteiger partial charge in [0.1, 0.15) is 5.76 Å². The minimum absolute atomic E-state index is 0.0348. The number of hydrogen-bond acceptors (Lipinski definition) is 4. The average Bonchev–Trinajstić information content (AvgIpc) is 2.28. The minimum atomic E-state index is -5.57. The lowest BCUT2D eigenvalue weighted by Crippen LogP contribution is -2.44. The zero-order chi connectivity index (χ0) is 17.4. The number of rotatable bonds is 4. The van der Waals surface area contributed by atoms with Crippen LogP contribution in [0, 0.1) is 0 Å². The van der Waals surface area contributed by atoms with Crippen molar-refractivity contribution in [1.82, 2.24) is 0 Å². The molecule has 0 radical (unpaired) electrons. The Morgan fingerprint density at radius 1 is 1.23 bits per heavy atom. The summed E-state index contributed by atoms with van der Waals surface area (Å²) in [6.07, 6.45) is 2.20. The highest BCUT2D eigenvalue weighted by atomic mass is 32.2. The fourth-order valence-corrected chi connectivity index (χ4v) is 3.68. The summed E-state index contributed by atoms with van der Waals surface area (Å²) >= 11 is 0. The molecule has 1 aliphatic rings.